The first-order chi connectivity index (χ1) is 9.15. The number of carbonyl (C=O) groups is 1. The van der Waals surface area contributed by atoms with E-state index < -0.39 is 0 Å². The second-order valence-electron chi connectivity index (χ2n) is 4.58. The molecule has 2 aromatic rings. The van der Waals surface area contributed by atoms with Crippen LogP contribution in [0.5, 0.6) is 0 Å². The molecule has 0 bridgehead atoms. The van der Waals surface area contributed by atoms with Crippen molar-refractivity contribution in [2.24, 2.45) is 0 Å². The number of carbonyl (C=O) groups excluding carboxylic acids is 1. The zero-order chi connectivity index (χ0) is 13.4. The SMILES string of the molecule is O=C(c1ccc(Cl)cc1Cl)N1CCc2[nH]ccc2C1. The summed E-state index contributed by atoms with van der Waals surface area (Å²) in [4.78, 5) is 17.5. The highest BCUT2D eigenvalue weighted by Crippen LogP contribution is 2.25. The summed E-state index contributed by atoms with van der Waals surface area (Å²) >= 11 is 11.9. The Morgan fingerprint density at radius 3 is 2.89 bits per heavy atom. The van der Waals surface area contributed by atoms with Crippen molar-refractivity contribution in [2.45, 2.75) is 13.0 Å². The van der Waals surface area contributed by atoms with Crippen LogP contribution in [-0.2, 0) is 13.0 Å². The van der Waals surface area contributed by atoms with Crippen molar-refractivity contribution in [1.29, 1.82) is 0 Å². The van der Waals surface area contributed by atoms with E-state index in [-0.39, 0.29) is 5.91 Å². The lowest BCUT2D eigenvalue weighted by Crippen LogP contribution is -2.35. The first kappa shape index (κ1) is 12.6. The normalized spacial score (nSPS) is 14.3. The van der Waals surface area contributed by atoms with Gasteiger partial charge in [-0.2, -0.15) is 0 Å². The number of hydrogen-bond donors (Lipinski definition) is 1. The number of nitrogens with one attached hydrogen (secondary N) is 1. The van der Waals surface area contributed by atoms with Gasteiger partial charge in [-0.25, -0.2) is 0 Å². The van der Waals surface area contributed by atoms with Crippen LogP contribution < -0.4 is 0 Å². The van der Waals surface area contributed by atoms with Crippen LogP contribution in [0.3, 0.4) is 0 Å². The van der Waals surface area contributed by atoms with Gasteiger partial charge in [0.25, 0.3) is 5.91 Å². The molecule has 98 valence electrons. The second-order valence-corrected chi connectivity index (χ2v) is 5.43. The molecule has 1 aliphatic rings. The number of H-pyrrole nitrogens is 1. The van der Waals surface area contributed by atoms with Gasteiger partial charge in [0.05, 0.1) is 10.6 Å². The molecule has 19 heavy (non-hydrogen) atoms. The van der Waals surface area contributed by atoms with Gasteiger partial charge < -0.3 is 9.88 Å². The van der Waals surface area contributed by atoms with Crippen LogP contribution in [0.4, 0.5) is 0 Å². The zero-order valence-electron chi connectivity index (χ0n) is 10.1. The van der Waals surface area contributed by atoms with E-state index in [1.807, 2.05) is 17.2 Å². The van der Waals surface area contributed by atoms with Gasteiger partial charge in [-0.1, -0.05) is 23.2 Å². The standard InChI is InChI=1S/C14H12Cl2N2O/c15-10-1-2-11(12(16)7-10)14(19)18-6-4-13-9(8-18)3-5-17-13/h1-3,5,7,17H,4,6,8H2. The predicted molar refractivity (Wildman–Crippen MR) is 75.7 cm³/mol. The zero-order valence-corrected chi connectivity index (χ0v) is 11.6. The van der Waals surface area contributed by atoms with Gasteiger partial charge in [0.2, 0.25) is 0 Å². The maximum Gasteiger partial charge on any atom is 0.255 e. The first-order valence-electron chi connectivity index (χ1n) is 6.04. The molecular weight excluding hydrogens is 283 g/mol. The summed E-state index contributed by atoms with van der Waals surface area (Å²) in [6, 6.07) is 6.98. The maximum atomic E-state index is 12.5. The van der Waals surface area contributed by atoms with E-state index in [2.05, 4.69) is 4.98 Å². The molecule has 0 radical (unpaired) electrons. The third-order valence-electron chi connectivity index (χ3n) is 3.37. The Balaban J connectivity index is 1.85. The smallest absolute Gasteiger partial charge is 0.255 e. The average Bonchev–Trinajstić information content (AvgIpc) is 2.85. The van der Waals surface area contributed by atoms with E-state index in [0.717, 1.165) is 6.42 Å². The number of benzene rings is 1. The molecule has 3 nitrogen and oxygen atoms in total. The van der Waals surface area contributed by atoms with E-state index in [0.29, 0.717) is 28.7 Å². The average molecular weight is 295 g/mol. The van der Waals surface area contributed by atoms with Gasteiger partial charge in [0, 0.05) is 36.4 Å². The summed E-state index contributed by atoms with van der Waals surface area (Å²) in [6.45, 7) is 1.32. The number of halogens is 2. The third kappa shape index (κ3) is 2.36. The van der Waals surface area contributed by atoms with E-state index >= 15 is 0 Å². The van der Waals surface area contributed by atoms with Gasteiger partial charge >= 0.3 is 0 Å². The molecule has 0 saturated heterocycles. The van der Waals surface area contributed by atoms with Gasteiger partial charge in [-0.3, -0.25) is 4.79 Å². The van der Waals surface area contributed by atoms with E-state index in [9.17, 15) is 4.79 Å². The molecule has 0 spiro atoms. The van der Waals surface area contributed by atoms with Crippen molar-refractivity contribution in [2.75, 3.05) is 6.54 Å². The van der Waals surface area contributed by atoms with Crippen LogP contribution in [0, 0.1) is 0 Å². The minimum atomic E-state index is -0.0477. The molecule has 0 atom stereocenters. The van der Waals surface area contributed by atoms with Crippen LogP contribution >= 0.6 is 23.2 Å². The van der Waals surface area contributed by atoms with Crippen molar-refractivity contribution in [3.05, 3.63) is 57.3 Å². The van der Waals surface area contributed by atoms with Gasteiger partial charge in [-0.05, 0) is 29.8 Å². The molecule has 5 heteroatoms. The molecular formula is C14H12Cl2N2O. The molecule has 1 N–H and O–H groups in total. The van der Waals surface area contributed by atoms with Crippen molar-refractivity contribution < 1.29 is 4.79 Å². The van der Waals surface area contributed by atoms with Crippen LogP contribution in [0.2, 0.25) is 10.0 Å². The number of aromatic nitrogens is 1. The Morgan fingerprint density at radius 2 is 2.11 bits per heavy atom. The lowest BCUT2D eigenvalue weighted by molar-refractivity contribution is 0.0734. The Morgan fingerprint density at radius 1 is 1.26 bits per heavy atom. The summed E-state index contributed by atoms with van der Waals surface area (Å²) < 4.78 is 0. The van der Waals surface area contributed by atoms with Crippen molar-refractivity contribution in [3.8, 4) is 0 Å². The minimum Gasteiger partial charge on any atom is -0.365 e. The van der Waals surface area contributed by atoms with Gasteiger partial charge in [0.15, 0.2) is 0 Å². The highest BCUT2D eigenvalue weighted by molar-refractivity contribution is 6.36. The third-order valence-corrected chi connectivity index (χ3v) is 3.92. The topological polar surface area (TPSA) is 36.1 Å². The van der Waals surface area contributed by atoms with Crippen LogP contribution in [-0.4, -0.2) is 22.3 Å². The molecule has 0 saturated carbocycles. The summed E-state index contributed by atoms with van der Waals surface area (Å²) in [6.07, 6.45) is 2.76. The van der Waals surface area contributed by atoms with Crippen molar-refractivity contribution in [1.82, 2.24) is 9.88 Å². The fourth-order valence-electron chi connectivity index (χ4n) is 2.36. The lowest BCUT2D eigenvalue weighted by atomic mass is 10.1. The number of aromatic amines is 1. The largest absolute Gasteiger partial charge is 0.365 e. The molecule has 1 aliphatic heterocycles. The predicted octanol–water partition coefficient (Wildman–Crippen LogP) is 3.52. The fourth-order valence-corrected chi connectivity index (χ4v) is 2.84. The molecule has 3 rings (SSSR count). The van der Waals surface area contributed by atoms with Crippen molar-refractivity contribution in [3.63, 3.8) is 0 Å². The molecule has 1 aromatic carbocycles. The lowest BCUT2D eigenvalue weighted by Gasteiger charge is -2.27. The summed E-state index contributed by atoms with van der Waals surface area (Å²) in [7, 11) is 0. The highest BCUT2D eigenvalue weighted by Gasteiger charge is 2.23. The van der Waals surface area contributed by atoms with E-state index in [1.165, 1.54) is 11.3 Å². The monoisotopic (exact) mass is 294 g/mol. The Kier molecular flexibility index (Phi) is 3.25. The maximum absolute atomic E-state index is 12.5. The molecule has 1 amide bonds. The van der Waals surface area contributed by atoms with E-state index in [4.69, 9.17) is 23.2 Å². The summed E-state index contributed by atoms with van der Waals surface area (Å²) in [5.74, 6) is -0.0477. The number of fused-ring (bicyclic) bond motifs is 1. The van der Waals surface area contributed by atoms with Crippen LogP contribution in [0.15, 0.2) is 30.5 Å². The number of nitrogens with zero attached hydrogens (tertiary/aromatic N) is 1. The fraction of sp³-hybridized carbons (Fsp3) is 0.214. The van der Waals surface area contributed by atoms with Crippen LogP contribution in [0.1, 0.15) is 21.6 Å². The second kappa shape index (κ2) is 4.91. The molecule has 0 unspecified atom stereocenters. The Labute approximate surface area is 121 Å². The van der Waals surface area contributed by atoms with Gasteiger partial charge in [0.1, 0.15) is 0 Å². The minimum absolute atomic E-state index is 0.0477. The highest BCUT2D eigenvalue weighted by atomic mass is 35.5. The Hall–Kier alpha value is -1.45. The molecule has 2 heterocycles. The van der Waals surface area contributed by atoms with Crippen molar-refractivity contribution >= 4 is 29.1 Å². The first-order valence-corrected chi connectivity index (χ1v) is 6.80. The number of rotatable bonds is 1. The Bertz CT molecular complexity index is 636. The molecule has 0 fully saturated rings. The van der Waals surface area contributed by atoms with Crippen LogP contribution in [0.25, 0.3) is 0 Å². The number of hydrogen-bond acceptors (Lipinski definition) is 1. The summed E-state index contributed by atoms with van der Waals surface area (Å²) in [5, 5.41) is 0.936. The molecule has 1 aromatic heterocycles. The summed E-state index contributed by atoms with van der Waals surface area (Å²) in [5.41, 5.74) is 2.89. The van der Waals surface area contributed by atoms with E-state index in [1.54, 1.807) is 18.2 Å². The van der Waals surface area contributed by atoms with Gasteiger partial charge in [-0.15, -0.1) is 0 Å². The quantitative estimate of drug-likeness (QED) is 0.858. The molecule has 0 aliphatic carbocycles. The number of amides is 1.